The molecule has 0 radical (unpaired) electrons. The van der Waals surface area contributed by atoms with Gasteiger partial charge in [-0.3, -0.25) is 0 Å². The minimum absolute atomic E-state index is 0.0238. The van der Waals surface area contributed by atoms with E-state index < -0.39 is 18.2 Å². The molecule has 0 rings (SSSR count). The summed E-state index contributed by atoms with van der Waals surface area (Å²) in [5.74, 6) is 0.283. The summed E-state index contributed by atoms with van der Waals surface area (Å²) in [6.07, 6.45) is -4.25. The van der Waals surface area contributed by atoms with Crippen molar-refractivity contribution in [3.8, 4) is 0 Å². The Labute approximate surface area is 74.8 Å². The van der Waals surface area contributed by atoms with Crippen LogP contribution in [0, 0.1) is 5.41 Å². The van der Waals surface area contributed by atoms with Crippen LogP contribution in [-0.4, -0.2) is 25.3 Å². The SMILES string of the molecule is CC(C)(CCl)COCC(F)(F)F. The lowest BCUT2D eigenvalue weighted by molar-refractivity contribution is -0.178. The quantitative estimate of drug-likeness (QED) is 0.640. The zero-order valence-corrected chi connectivity index (χ0v) is 7.80. The summed E-state index contributed by atoms with van der Waals surface area (Å²) < 4.78 is 39.2. The maximum atomic E-state index is 11.6. The average molecular weight is 205 g/mol. The van der Waals surface area contributed by atoms with Gasteiger partial charge in [-0.05, 0) is 0 Å². The maximum absolute atomic E-state index is 11.6. The highest BCUT2D eigenvalue weighted by Gasteiger charge is 2.28. The normalized spacial score (nSPS) is 13.5. The fraction of sp³-hybridized carbons (Fsp3) is 1.00. The maximum Gasteiger partial charge on any atom is 0.411 e. The van der Waals surface area contributed by atoms with E-state index in [2.05, 4.69) is 4.74 Å². The number of rotatable bonds is 4. The first kappa shape index (κ1) is 12.0. The molecular formula is C7H12ClF3O. The van der Waals surface area contributed by atoms with Gasteiger partial charge in [-0.2, -0.15) is 13.2 Å². The molecule has 0 spiro atoms. The van der Waals surface area contributed by atoms with E-state index in [1.165, 1.54) is 0 Å². The highest BCUT2D eigenvalue weighted by Crippen LogP contribution is 2.20. The van der Waals surface area contributed by atoms with Gasteiger partial charge in [0.15, 0.2) is 0 Å². The molecule has 0 aromatic carbocycles. The van der Waals surface area contributed by atoms with E-state index in [0.717, 1.165) is 0 Å². The second kappa shape index (κ2) is 4.33. The third kappa shape index (κ3) is 6.73. The van der Waals surface area contributed by atoms with Gasteiger partial charge in [-0.15, -0.1) is 11.6 Å². The fourth-order valence-electron chi connectivity index (χ4n) is 0.482. The van der Waals surface area contributed by atoms with Crippen LogP contribution in [0.15, 0.2) is 0 Å². The summed E-state index contributed by atoms with van der Waals surface area (Å²) in [6, 6.07) is 0. The summed E-state index contributed by atoms with van der Waals surface area (Å²) in [5.41, 5.74) is -0.396. The molecule has 0 N–H and O–H groups in total. The topological polar surface area (TPSA) is 9.23 Å². The predicted octanol–water partition coefficient (Wildman–Crippen LogP) is 2.83. The highest BCUT2D eigenvalue weighted by atomic mass is 35.5. The fourth-order valence-corrected chi connectivity index (χ4v) is 0.559. The average Bonchev–Trinajstić information content (AvgIpc) is 1.84. The van der Waals surface area contributed by atoms with Crippen LogP contribution in [0.4, 0.5) is 13.2 Å². The molecule has 0 heterocycles. The van der Waals surface area contributed by atoms with E-state index in [1.807, 2.05) is 0 Å². The lowest BCUT2D eigenvalue weighted by Gasteiger charge is -2.21. The Morgan fingerprint density at radius 3 is 2.00 bits per heavy atom. The van der Waals surface area contributed by atoms with Crippen LogP contribution in [0.5, 0.6) is 0 Å². The first-order valence-electron chi connectivity index (χ1n) is 3.47. The molecule has 0 aliphatic heterocycles. The number of hydrogen-bond donors (Lipinski definition) is 0. The van der Waals surface area contributed by atoms with Crippen LogP contribution >= 0.6 is 11.6 Å². The first-order valence-corrected chi connectivity index (χ1v) is 4.01. The van der Waals surface area contributed by atoms with Crippen molar-refractivity contribution in [2.24, 2.45) is 5.41 Å². The van der Waals surface area contributed by atoms with Gasteiger partial charge in [-0.25, -0.2) is 0 Å². The molecule has 0 saturated carbocycles. The molecule has 0 fully saturated rings. The van der Waals surface area contributed by atoms with Gasteiger partial charge in [0.05, 0.1) is 6.61 Å². The van der Waals surface area contributed by atoms with Crippen LogP contribution in [-0.2, 0) is 4.74 Å². The van der Waals surface area contributed by atoms with Crippen LogP contribution < -0.4 is 0 Å². The molecule has 12 heavy (non-hydrogen) atoms. The third-order valence-corrected chi connectivity index (χ3v) is 1.84. The van der Waals surface area contributed by atoms with Crippen LogP contribution in [0.1, 0.15) is 13.8 Å². The van der Waals surface area contributed by atoms with Crippen LogP contribution in [0.25, 0.3) is 0 Å². The lowest BCUT2D eigenvalue weighted by Crippen LogP contribution is -2.25. The Balaban J connectivity index is 3.57. The molecule has 5 heteroatoms. The largest absolute Gasteiger partial charge is 0.411 e. The molecule has 0 atom stereocenters. The van der Waals surface area contributed by atoms with Crippen molar-refractivity contribution >= 4 is 11.6 Å². The summed E-state index contributed by atoms with van der Waals surface area (Å²) >= 11 is 5.48. The molecule has 0 saturated heterocycles. The molecule has 0 aromatic rings. The second-order valence-electron chi connectivity index (χ2n) is 3.41. The van der Waals surface area contributed by atoms with Gasteiger partial charge in [0, 0.05) is 11.3 Å². The van der Waals surface area contributed by atoms with E-state index in [9.17, 15) is 13.2 Å². The standard InChI is InChI=1S/C7H12ClF3O/c1-6(2,3-8)4-12-5-7(9,10)11/h3-5H2,1-2H3. The van der Waals surface area contributed by atoms with Crippen molar-refractivity contribution in [2.75, 3.05) is 19.1 Å². The number of halogens is 4. The molecule has 1 nitrogen and oxygen atoms in total. The van der Waals surface area contributed by atoms with Gasteiger partial charge >= 0.3 is 6.18 Å². The van der Waals surface area contributed by atoms with Crippen molar-refractivity contribution in [2.45, 2.75) is 20.0 Å². The molecule has 0 aliphatic carbocycles. The smallest absolute Gasteiger partial charge is 0.371 e. The Morgan fingerprint density at radius 2 is 1.67 bits per heavy atom. The van der Waals surface area contributed by atoms with E-state index >= 15 is 0 Å². The van der Waals surface area contributed by atoms with Gasteiger partial charge in [-0.1, -0.05) is 13.8 Å². The monoisotopic (exact) mass is 204 g/mol. The zero-order chi connectivity index (χ0) is 9.83. The van der Waals surface area contributed by atoms with Crippen molar-refractivity contribution < 1.29 is 17.9 Å². The molecule has 0 aliphatic rings. The second-order valence-corrected chi connectivity index (χ2v) is 3.67. The van der Waals surface area contributed by atoms with Crippen molar-refractivity contribution in [1.82, 2.24) is 0 Å². The molecule has 0 amide bonds. The highest BCUT2D eigenvalue weighted by molar-refractivity contribution is 6.18. The minimum Gasteiger partial charge on any atom is -0.371 e. The summed E-state index contributed by atoms with van der Waals surface area (Å²) in [4.78, 5) is 0. The summed E-state index contributed by atoms with van der Waals surface area (Å²) in [6.45, 7) is 2.32. The van der Waals surface area contributed by atoms with Crippen molar-refractivity contribution in [3.63, 3.8) is 0 Å². The number of hydrogen-bond acceptors (Lipinski definition) is 1. The first-order chi connectivity index (χ1) is 5.27. The van der Waals surface area contributed by atoms with Gasteiger partial charge in [0.1, 0.15) is 6.61 Å². The van der Waals surface area contributed by atoms with Crippen molar-refractivity contribution in [3.05, 3.63) is 0 Å². The predicted molar refractivity (Wildman–Crippen MR) is 41.4 cm³/mol. The minimum atomic E-state index is -4.25. The van der Waals surface area contributed by atoms with E-state index in [0.29, 0.717) is 0 Å². The van der Waals surface area contributed by atoms with Gasteiger partial charge < -0.3 is 4.74 Å². The Kier molecular flexibility index (Phi) is 4.34. The molecule has 74 valence electrons. The van der Waals surface area contributed by atoms with Crippen molar-refractivity contribution in [1.29, 1.82) is 0 Å². The molecule has 0 bridgehead atoms. The zero-order valence-electron chi connectivity index (χ0n) is 7.04. The molecule has 0 aromatic heterocycles. The van der Waals surface area contributed by atoms with E-state index in [4.69, 9.17) is 11.6 Å². The summed E-state index contributed by atoms with van der Waals surface area (Å²) in [5, 5.41) is 0. The Morgan fingerprint density at radius 1 is 1.17 bits per heavy atom. The Hall–Kier alpha value is 0.0400. The van der Waals surface area contributed by atoms with E-state index in [-0.39, 0.29) is 12.5 Å². The lowest BCUT2D eigenvalue weighted by atomic mass is 9.98. The van der Waals surface area contributed by atoms with Gasteiger partial charge in [0.2, 0.25) is 0 Å². The van der Waals surface area contributed by atoms with E-state index in [1.54, 1.807) is 13.8 Å². The summed E-state index contributed by atoms with van der Waals surface area (Å²) in [7, 11) is 0. The van der Waals surface area contributed by atoms with Crippen LogP contribution in [0.3, 0.4) is 0 Å². The number of ether oxygens (including phenoxy) is 1. The third-order valence-electron chi connectivity index (χ3n) is 1.12. The molecular weight excluding hydrogens is 193 g/mol. The Bertz CT molecular complexity index is 133. The number of alkyl halides is 4. The molecule has 0 unspecified atom stereocenters. The van der Waals surface area contributed by atoms with Gasteiger partial charge in [0.25, 0.3) is 0 Å². The van der Waals surface area contributed by atoms with Crippen LogP contribution in [0.2, 0.25) is 0 Å².